The number of ether oxygens (including phenoxy) is 1. The van der Waals surface area contributed by atoms with E-state index >= 15 is 0 Å². The third-order valence-corrected chi connectivity index (χ3v) is 2.72. The molecule has 1 atom stereocenters. The number of fused-ring (bicyclic) bond motifs is 1. The largest absolute Gasteiger partial charge is 0.508 e. The summed E-state index contributed by atoms with van der Waals surface area (Å²) >= 11 is 0. The van der Waals surface area contributed by atoms with Crippen LogP contribution in [0.3, 0.4) is 0 Å². The summed E-state index contributed by atoms with van der Waals surface area (Å²) < 4.78 is 16.2. The number of aromatic hydroxyl groups is 1. The number of benzene rings is 1. The van der Waals surface area contributed by atoms with Crippen LogP contribution in [-0.4, -0.2) is 15.3 Å². The molecular weight excluding hydrogens is 176 g/mol. The lowest BCUT2D eigenvalue weighted by molar-refractivity contribution is 0.374. The van der Waals surface area contributed by atoms with Crippen molar-refractivity contribution in [1.82, 2.24) is 0 Å². The van der Waals surface area contributed by atoms with Gasteiger partial charge in [-0.05, 0) is 18.2 Å². The molecule has 0 aliphatic carbocycles. The van der Waals surface area contributed by atoms with Gasteiger partial charge in [0.1, 0.15) is 11.5 Å². The first kappa shape index (κ1) is 7.61. The van der Waals surface area contributed by atoms with Crippen molar-refractivity contribution in [1.29, 1.82) is 0 Å². The molecule has 1 aliphatic heterocycles. The summed E-state index contributed by atoms with van der Waals surface area (Å²) in [6.45, 7) is 0. The molecule has 1 heterocycles. The zero-order valence-electron chi connectivity index (χ0n) is 6.32. The predicted molar refractivity (Wildman–Crippen MR) is 45.4 cm³/mol. The minimum absolute atomic E-state index is 0.191. The first-order chi connectivity index (χ1) is 5.75. The van der Waals surface area contributed by atoms with Gasteiger partial charge in [-0.15, -0.1) is 0 Å². The molecule has 0 amide bonds. The van der Waals surface area contributed by atoms with Gasteiger partial charge >= 0.3 is 0 Å². The van der Waals surface area contributed by atoms with E-state index in [1.807, 2.05) is 0 Å². The highest BCUT2D eigenvalue weighted by molar-refractivity contribution is 7.84. The number of phenols is 1. The molecule has 1 N–H and O–H groups in total. The van der Waals surface area contributed by atoms with Gasteiger partial charge in [0, 0.05) is 5.56 Å². The third kappa shape index (κ3) is 1.30. The molecule has 1 aromatic carbocycles. The minimum atomic E-state index is -0.943. The Bertz CT molecular complexity index is 335. The molecule has 0 saturated carbocycles. The van der Waals surface area contributed by atoms with Gasteiger partial charge in [-0.25, -0.2) is 0 Å². The molecular formula is C8H8O3S. The molecule has 0 saturated heterocycles. The van der Waals surface area contributed by atoms with Crippen molar-refractivity contribution in [3.63, 3.8) is 0 Å². The zero-order chi connectivity index (χ0) is 8.55. The van der Waals surface area contributed by atoms with Gasteiger partial charge in [0.15, 0.2) is 5.94 Å². The standard InChI is InChI=1S/C8H8O3S/c9-7-1-2-8-6(3-7)4-12(10)5-11-8/h1-3,9H,4-5H2. The molecule has 1 unspecified atom stereocenters. The Kier molecular flexibility index (Phi) is 1.77. The van der Waals surface area contributed by atoms with Gasteiger partial charge in [-0.2, -0.15) is 0 Å². The van der Waals surface area contributed by atoms with Crippen LogP contribution in [0.5, 0.6) is 11.5 Å². The van der Waals surface area contributed by atoms with E-state index in [9.17, 15) is 4.21 Å². The highest BCUT2D eigenvalue weighted by atomic mass is 32.2. The quantitative estimate of drug-likeness (QED) is 0.654. The predicted octanol–water partition coefficient (Wildman–Crippen LogP) is 0.991. The van der Waals surface area contributed by atoms with E-state index in [0.717, 1.165) is 11.3 Å². The van der Waals surface area contributed by atoms with E-state index in [1.165, 1.54) is 0 Å². The second-order valence-electron chi connectivity index (χ2n) is 2.64. The average molecular weight is 184 g/mol. The van der Waals surface area contributed by atoms with Gasteiger partial charge in [-0.3, -0.25) is 4.21 Å². The van der Waals surface area contributed by atoms with Gasteiger partial charge in [0.25, 0.3) is 0 Å². The minimum Gasteiger partial charge on any atom is -0.508 e. The molecule has 1 aliphatic rings. The molecule has 0 spiro atoms. The lowest BCUT2D eigenvalue weighted by Gasteiger charge is -2.16. The topological polar surface area (TPSA) is 46.5 Å². The van der Waals surface area contributed by atoms with Crippen LogP contribution >= 0.6 is 0 Å². The van der Waals surface area contributed by atoms with Gasteiger partial charge in [0.05, 0.1) is 16.6 Å². The highest BCUT2D eigenvalue weighted by Crippen LogP contribution is 2.27. The van der Waals surface area contributed by atoms with Gasteiger partial charge < -0.3 is 9.84 Å². The van der Waals surface area contributed by atoms with E-state index in [2.05, 4.69) is 0 Å². The summed E-state index contributed by atoms with van der Waals surface area (Å²) in [4.78, 5) is 0. The number of hydrogen-bond donors (Lipinski definition) is 1. The van der Waals surface area contributed by atoms with Crippen molar-refractivity contribution in [3.05, 3.63) is 23.8 Å². The molecule has 0 fully saturated rings. The molecule has 64 valence electrons. The molecule has 0 bridgehead atoms. The average Bonchev–Trinajstić information content (AvgIpc) is 2.03. The Morgan fingerprint density at radius 3 is 3.17 bits per heavy atom. The Hall–Kier alpha value is -1.03. The maximum atomic E-state index is 11.0. The van der Waals surface area contributed by atoms with Crippen molar-refractivity contribution in [2.24, 2.45) is 0 Å². The normalized spacial score (nSPS) is 21.2. The molecule has 12 heavy (non-hydrogen) atoms. The highest BCUT2D eigenvalue weighted by Gasteiger charge is 2.15. The number of rotatable bonds is 0. The van der Waals surface area contributed by atoms with Crippen LogP contribution in [0.15, 0.2) is 18.2 Å². The van der Waals surface area contributed by atoms with Crippen molar-refractivity contribution < 1.29 is 14.1 Å². The molecule has 2 rings (SSSR count). The van der Waals surface area contributed by atoms with Crippen LogP contribution in [0.4, 0.5) is 0 Å². The van der Waals surface area contributed by atoms with Crippen LogP contribution in [0.2, 0.25) is 0 Å². The summed E-state index contributed by atoms with van der Waals surface area (Å²) in [5, 5.41) is 9.12. The Morgan fingerprint density at radius 2 is 2.33 bits per heavy atom. The number of hydrogen-bond acceptors (Lipinski definition) is 3. The van der Waals surface area contributed by atoms with Crippen LogP contribution in [0.25, 0.3) is 0 Å². The second-order valence-corrected chi connectivity index (χ2v) is 4.04. The summed E-state index contributed by atoms with van der Waals surface area (Å²) in [6.07, 6.45) is 0. The van der Waals surface area contributed by atoms with Crippen LogP contribution in [0, 0.1) is 0 Å². The maximum Gasteiger partial charge on any atom is 0.163 e. The van der Waals surface area contributed by atoms with E-state index in [4.69, 9.17) is 9.84 Å². The van der Waals surface area contributed by atoms with Crippen molar-refractivity contribution >= 4 is 10.8 Å². The van der Waals surface area contributed by atoms with Crippen molar-refractivity contribution in [3.8, 4) is 11.5 Å². The summed E-state index contributed by atoms with van der Waals surface area (Å²) in [7, 11) is -0.943. The third-order valence-electron chi connectivity index (χ3n) is 1.71. The Labute approximate surface area is 72.4 Å². The second kappa shape index (κ2) is 2.79. The summed E-state index contributed by atoms with van der Waals surface area (Å²) in [6, 6.07) is 4.85. The van der Waals surface area contributed by atoms with Gasteiger partial charge in [0.2, 0.25) is 0 Å². The van der Waals surface area contributed by atoms with Crippen LogP contribution < -0.4 is 4.74 Å². The van der Waals surface area contributed by atoms with E-state index < -0.39 is 10.8 Å². The fraction of sp³-hybridized carbons (Fsp3) is 0.250. The Balaban J connectivity index is 2.44. The molecule has 0 aromatic heterocycles. The van der Waals surface area contributed by atoms with Gasteiger partial charge in [-0.1, -0.05) is 0 Å². The molecule has 3 nitrogen and oxygen atoms in total. The number of phenolic OH excluding ortho intramolecular Hbond substituents is 1. The lowest BCUT2D eigenvalue weighted by atomic mass is 10.2. The zero-order valence-corrected chi connectivity index (χ0v) is 7.13. The fourth-order valence-electron chi connectivity index (χ4n) is 1.16. The fourth-order valence-corrected chi connectivity index (χ4v) is 2.08. The lowest BCUT2D eigenvalue weighted by Crippen LogP contribution is -2.14. The van der Waals surface area contributed by atoms with Crippen LogP contribution in [0.1, 0.15) is 5.56 Å². The van der Waals surface area contributed by atoms with E-state index in [0.29, 0.717) is 5.75 Å². The molecule has 0 radical (unpaired) electrons. The summed E-state index contributed by atoms with van der Waals surface area (Å²) in [5.41, 5.74) is 0.819. The van der Waals surface area contributed by atoms with E-state index in [-0.39, 0.29) is 11.7 Å². The molecule has 1 aromatic rings. The summed E-state index contributed by atoms with van der Waals surface area (Å²) in [5.74, 6) is 1.66. The SMILES string of the molecule is O=S1COc2ccc(O)cc2C1. The molecule has 4 heteroatoms. The first-order valence-electron chi connectivity index (χ1n) is 3.55. The first-order valence-corrected chi connectivity index (χ1v) is 5.04. The monoisotopic (exact) mass is 184 g/mol. The van der Waals surface area contributed by atoms with Crippen molar-refractivity contribution in [2.45, 2.75) is 5.75 Å². The van der Waals surface area contributed by atoms with E-state index in [1.54, 1.807) is 18.2 Å². The Morgan fingerprint density at radius 1 is 1.50 bits per heavy atom. The smallest absolute Gasteiger partial charge is 0.163 e. The maximum absolute atomic E-state index is 11.0. The van der Waals surface area contributed by atoms with Crippen LogP contribution in [-0.2, 0) is 16.6 Å². The van der Waals surface area contributed by atoms with Crippen molar-refractivity contribution in [2.75, 3.05) is 5.94 Å².